The third-order valence-electron chi connectivity index (χ3n) is 4.12. The summed E-state index contributed by atoms with van der Waals surface area (Å²) in [6.07, 6.45) is 7.28. The van der Waals surface area contributed by atoms with E-state index in [0.29, 0.717) is 17.5 Å². The zero-order valence-electron chi connectivity index (χ0n) is 12.2. The molecule has 21 heavy (non-hydrogen) atoms. The van der Waals surface area contributed by atoms with Gasteiger partial charge in [0, 0.05) is 12.5 Å². The van der Waals surface area contributed by atoms with Gasteiger partial charge in [-0.15, -0.1) is 11.3 Å². The minimum Gasteiger partial charge on any atom is -0.477 e. The second kappa shape index (κ2) is 6.15. The lowest BCUT2D eigenvalue weighted by molar-refractivity contribution is 0.0702. The van der Waals surface area contributed by atoms with Gasteiger partial charge in [-0.2, -0.15) is 5.10 Å². The van der Waals surface area contributed by atoms with E-state index in [4.69, 9.17) is 9.84 Å². The summed E-state index contributed by atoms with van der Waals surface area (Å²) < 4.78 is 7.27. The molecule has 3 rings (SSSR count). The van der Waals surface area contributed by atoms with Crippen molar-refractivity contribution >= 4 is 27.5 Å². The number of thiophene rings is 1. The van der Waals surface area contributed by atoms with Gasteiger partial charge in [-0.25, -0.2) is 4.79 Å². The quantitative estimate of drug-likeness (QED) is 0.872. The Morgan fingerprint density at radius 1 is 1.43 bits per heavy atom. The third-order valence-corrected chi connectivity index (χ3v) is 5.24. The standard InChI is InChI=1S/C15H20N2O3S/c1-20-9-12-11-8-13(15(18)19)21-14(11)17(16-12)10-6-4-2-3-5-7-10/h8,10H,2-7,9H2,1H3,(H,18,19). The monoisotopic (exact) mass is 308 g/mol. The largest absolute Gasteiger partial charge is 0.477 e. The Bertz CT molecular complexity index is 639. The van der Waals surface area contributed by atoms with Crippen LogP contribution in [0.2, 0.25) is 0 Å². The molecule has 0 saturated heterocycles. The summed E-state index contributed by atoms with van der Waals surface area (Å²) in [5, 5.41) is 14.9. The summed E-state index contributed by atoms with van der Waals surface area (Å²) in [4.78, 5) is 12.6. The van der Waals surface area contributed by atoms with Crippen LogP contribution in [0.15, 0.2) is 6.07 Å². The minimum absolute atomic E-state index is 0.377. The first-order chi connectivity index (χ1) is 10.2. The Hall–Kier alpha value is -1.40. The molecule has 6 heteroatoms. The maximum Gasteiger partial charge on any atom is 0.345 e. The highest BCUT2D eigenvalue weighted by Gasteiger charge is 2.22. The van der Waals surface area contributed by atoms with Crippen LogP contribution in [0.4, 0.5) is 0 Å². The van der Waals surface area contributed by atoms with Crippen molar-refractivity contribution in [2.24, 2.45) is 0 Å². The SMILES string of the molecule is COCc1nn(C2CCCCCC2)c2sc(C(=O)O)cc12. The molecule has 0 bridgehead atoms. The molecule has 1 N–H and O–H groups in total. The van der Waals surface area contributed by atoms with Crippen LogP contribution in [0, 0.1) is 0 Å². The molecule has 2 aromatic rings. The highest BCUT2D eigenvalue weighted by molar-refractivity contribution is 7.20. The van der Waals surface area contributed by atoms with Gasteiger partial charge >= 0.3 is 5.97 Å². The summed E-state index contributed by atoms with van der Waals surface area (Å²) in [6, 6.07) is 2.12. The van der Waals surface area contributed by atoms with Crippen molar-refractivity contribution < 1.29 is 14.6 Å². The second-order valence-electron chi connectivity index (χ2n) is 5.60. The summed E-state index contributed by atoms with van der Waals surface area (Å²) in [7, 11) is 1.64. The van der Waals surface area contributed by atoms with Crippen LogP contribution in [0.3, 0.4) is 0 Å². The maximum absolute atomic E-state index is 11.2. The fourth-order valence-electron chi connectivity index (χ4n) is 3.09. The molecule has 0 spiro atoms. The van der Waals surface area contributed by atoms with Crippen LogP contribution in [-0.2, 0) is 11.3 Å². The van der Waals surface area contributed by atoms with Crippen LogP contribution in [0.25, 0.3) is 10.2 Å². The van der Waals surface area contributed by atoms with E-state index < -0.39 is 5.97 Å². The van der Waals surface area contributed by atoms with Crippen LogP contribution < -0.4 is 0 Å². The lowest BCUT2D eigenvalue weighted by atomic mass is 10.1. The van der Waals surface area contributed by atoms with E-state index in [9.17, 15) is 9.90 Å². The van der Waals surface area contributed by atoms with E-state index in [0.717, 1.165) is 28.8 Å². The first-order valence-electron chi connectivity index (χ1n) is 7.44. The van der Waals surface area contributed by atoms with Crippen LogP contribution in [-0.4, -0.2) is 28.0 Å². The number of carboxylic acids is 1. The first kappa shape index (κ1) is 14.5. The summed E-state index contributed by atoms with van der Waals surface area (Å²) >= 11 is 1.32. The van der Waals surface area contributed by atoms with Gasteiger partial charge in [-0.05, 0) is 18.9 Å². The fraction of sp³-hybridized carbons (Fsp3) is 0.600. The van der Waals surface area contributed by atoms with E-state index in [2.05, 4.69) is 4.68 Å². The molecule has 1 aliphatic carbocycles. The predicted molar refractivity (Wildman–Crippen MR) is 82.0 cm³/mol. The topological polar surface area (TPSA) is 64.4 Å². The molecule has 114 valence electrons. The normalized spacial score (nSPS) is 17.2. The van der Waals surface area contributed by atoms with Crippen molar-refractivity contribution in [3.8, 4) is 0 Å². The van der Waals surface area contributed by atoms with Crippen LogP contribution in [0.1, 0.15) is 59.9 Å². The lowest BCUT2D eigenvalue weighted by Crippen LogP contribution is -2.10. The van der Waals surface area contributed by atoms with Crippen molar-refractivity contribution in [3.05, 3.63) is 16.6 Å². The average molecular weight is 308 g/mol. The molecular formula is C15H20N2O3S. The number of fused-ring (bicyclic) bond motifs is 1. The molecule has 1 fully saturated rings. The Balaban J connectivity index is 2.05. The number of methoxy groups -OCH3 is 1. The van der Waals surface area contributed by atoms with Gasteiger partial charge in [0.05, 0.1) is 18.3 Å². The molecule has 0 amide bonds. The van der Waals surface area contributed by atoms with Gasteiger partial charge in [0.2, 0.25) is 0 Å². The summed E-state index contributed by atoms with van der Waals surface area (Å²) in [5.74, 6) is -0.869. The Morgan fingerprint density at radius 2 is 2.14 bits per heavy atom. The van der Waals surface area contributed by atoms with Crippen molar-refractivity contribution in [1.29, 1.82) is 0 Å². The minimum atomic E-state index is -0.869. The van der Waals surface area contributed by atoms with Gasteiger partial charge < -0.3 is 9.84 Å². The molecule has 1 aliphatic rings. The van der Waals surface area contributed by atoms with Crippen molar-refractivity contribution in [1.82, 2.24) is 9.78 Å². The highest BCUT2D eigenvalue weighted by Crippen LogP contribution is 2.35. The Morgan fingerprint density at radius 3 is 2.76 bits per heavy atom. The van der Waals surface area contributed by atoms with Crippen molar-refractivity contribution in [2.75, 3.05) is 7.11 Å². The summed E-state index contributed by atoms with van der Waals surface area (Å²) in [6.45, 7) is 0.423. The lowest BCUT2D eigenvalue weighted by Gasteiger charge is -2.15. The number of carboxylic acid groups (broad SMARTS) is 1. The van der Waals surface area contributed by atoms with Gasteiger partial charge in [-0.1, -0.05) is 25.7 Å². The molecule has 0 aliphatic heterocycles. The molecule has 0 atom stereocenters. The number of rotatable bonds is 4. The molecule has 2 aromatic heterocycles. The summed E-state index contributed by atoms with van der Waals surface area (Å²) in [5.41, 5.74) is 0.848. The van der Waals surface area contributed by atoms with Crippen LogP contribution >= 0.6 is 11.3 Å². The number of carbonyl (C=O) groups is 1. The van der Waals surface area contributed by atoms with Gasteiger partial charge in [0.15, 0.2) is 0 Å². The highest BCUT2D eigenvalue weighted by atomic mass is 32.1. The Labute approximate surface area is 127 Å². The molecular weight excluding hydrogens is 288 g/mol. The fourth-order valence-corrected chi connectivity index (χ4v) is 4.13. The molecule has 0 radical (unpaired) electrons. The maximum atomic E-state index is 11.2. The third kappa shape index (κ3) is 2.82. The van der Waals surface area contributed by atoms with Crippen molar-refractivity contribution in [2.45, 2.75) is 51.2 Å². The molecule has 0 unspecified atom stereocenters. The average Bonchev–Trinajstić information content (AvgIpc) is 2.90. The van der Waals surface area contributed by atoms with Gasteiger partial charge in [0.25, 0.3) is 0 Å². The number of ether oxygens (including phenoxy) is 1. The molecule has 0 aromatic carbocycles. The van der Waals surface area contributed by atoms with E-state index in [1.807, 2.05) is 0 Å². The Kier molecular flexibility index (Phi) is 4.26. The zero-order valence-corrected chi connectivity index (χ0v) is 13.0. The van der Waals surface area contributed by atoms with Gasteiger partial charge in [0.1, 0.15) is 9.71 Å². The van der Waals surface area contributed by atoms with Crippen molar-refractivity contribution in [3.63, 3.8) is 0 Å². The van der Waals surface area contributed by atoms with E-state index in [1.54, 1.807) is 13.2 Å². The number of aromatic nitrogens is 2. The number of aromatic carboxylic acids is 1. The van der Waals surface area contributed by atoms with E-state index in [1.165, 1.54) is 37.0 Å². The van der Waals surface area contributed by atoms with Gasteiger partial charge in [-0.3, -0.25) is 4.68 Å². The van der Waals surface area contributed by atoms with Crippen LogP contribution in [0.5, 0.6) is 0 Å². The number of nitrogens with zero attached hydrogens (tertiary/aromatic N) is 2. The zero-order chi connectivity index (χ0) is 14.8. The second-order valence-corrected chi connectivity index (χ2v) is 6.63. The predicted octanol–water partition coefficient (Wildman–Crippen LogP) is 3.84. The first-order valence-corrected chi connectivity index (χ1v) is 8.25. The molecule has 2 heterocycles. The molecule has 5 nitrogen and oxygen atoms in total. The smallest absolute Gasteiger partial charge is 0.345 e. The number of hydrogen-bond donors (Lipinski definition) is 1. The molecule has 1 saturated carbocycles. The van der Waals surface area contributed by atoms with E-state index in [-0.39, 0.29) is 0 Å². The van der Waals surface area contributed by atoms with E-state index >= 15 is 0 Å². The number of hydrogen-bond acceptors (Lipinski definition) is 4.